The van der Waals surface area contributed by atoms with Gasteiger partial charge >= 0.3 is 5.97 Å². The smallest absolute Gasteiger partial charge is 0.312 e. The highest BCUT2D eigenvalue weighted by molar-refractivity contribution is 6.00. The lowest BCUT2D eigenvalue weighted by molar-refractivity contribution is -0.156. The Morgan fingerprint density at radius 2 is 1.88 bits per heavy atom. The Hall–Kier alpha value is -4.81. The van der Waals surface area contributed by atoms with Crippen molar-refractivity contribution in [2.24, 2.45) is 5.41 Å². The molecule has 0 radical (unpaired) electrons. The summed E-state index contributed by atoms with van der Waals surface area (Å²) in [5.74, 6) is -0.559. The van der Waals surface area contributed by atoms with E-state index in [1.807, 2.05) is 55.5 Å². The third-order valence-electron chi connectivity index (χ3n) is 6.04. The van der Waals surface area contributed by atoms with Crippen LogP contribution in [0.4, 0.5) is 5.69 Å². The summed E-state index contributed by atoms with van der Waals surface area (Å²) in [7, 11) is 3.86. The van der Waals surface area contributed by atoms with Crippen molar-refractivity contribution in [3.63, 3.8) is 0 Å². The first-order valence-electron chi connectivity index (χ1n) is 12.8. The second-order valence-corrected chi connectivity index (χ2v) is 10.7. The van der Waals surface area contributed by atoms with Crippen LogP contribution >= 0.6 is 0 Å². The molecule has 1 amide bonds. The Kier molecular flexibility index (Phi) is 8.41. The van der Waals surface area contributed by atoms with Gasteiger partial charge in [0.25, 0.3) is 0 Å². The van der Waals surface area contributed by atoms with Crippen LogP contribution in [-0.2, 0) is 21.1 Å². The van der Waals surface area contributed by atoms with Gasteiger partial charge in [0.2, 0.25) is 5.91 Å². The summed E-state index contributed by atoms with van der Waals surface area (Å²) in [5.41, 5.74) is 4.34. The molecule has 4 rings (SSSR count). The Labute approximate surface area is 233 Å². The molecular weight excluding hydrogens is 504 g/mol. The van der Waals surface area contributed by atoms with Gasteiger partial charge in [-0.1, -0.05) is 18.2 Å². The number of nitriles is 1. The second-order valence-electron chi connectivity index (χ2n) is 10.7. The molecule has 0 saturated carbocycles. The average molecular weight is 537 g/mol. The number of benzene rings is 1. The normalized spacial score (nSPS) is 11.6. The van der Waals surface area contributed by atoms with Crippen LogP contribution in [0, 0.1) is 16.7 Å². The molecule has 0 aliphatic rings. The average Bonchev–Trinajstić information content (AvgIpc) is 3.29. The quantitative estimate of drug-likeness (QED) is 0.242. The number of carbonyl (C=O) groups excluding carboxylic acids is 2. The molecule has 1 aromatic carbocycles. The molecule has 204 valence electrons. The fourth-order valence-electron chi connectivity index (χ4n) is 3.98. The van der Waals surface area contributed by atoms with Gasteiger partial charge in [-0.05, 0) is 64.7 Å². The molecule has 3 aromatic heterocycles. The van der Waals surface area contributed by atoms with Crippen molar-refractivity contribution in [2.75, 3.05) is 26.0 Å². The zero-order valence-electron chi connectivity index (χ0n) is 23.3. The number of ether oxygens (including phenoxy) is 1. The number of hydrogen-bond acceptors (Lipinski definition) is 7. The van der Waals surface area contributed by atoms with Gasteiger partial charge in [0.1, 0.15) is 5.65 Å². The molecule has 0 aliphatic heterocycles. The van der Waals surface area contributed by atoms with E-state index >= 15 is 0 Å². The Bertz CT molecular complexity index is 1620. The largest absolute Gasteiger partial charge is 0.443 e. The molecule has 1 N–H and O–H groups in total. The number of rotatable bonds is 8. The summed E-state index contributed by atoms with van der Waals surface area (Å²) in [5, 5.41) is 13.1. The van der Waals surface area contributed by atoms with E-state index in [1.165, 1.54) is 6.08 Å². The van der Waals surface area contributed by atoms with E-state index in [9.17, 15) is 14.9 Å². The van der Waals surface area contributed by atoms with Crippen LogP contribution in [-0.4, -0.2) is 52.0 Å². The lowest BCUT2D eigenvalue weighted by atomic mass is 9.98. The van der Waals surface area contributed by atoms with E-state index in [2.05, 4.69) is 16.4 Å². The van der Waals surface area contributed by atoms with Crippen LogP contribution in [0.5, 0.6) is 0 Å². The predicted molar refractivity (Wildman–Crippen MR) is 155 cm³/mol. The molecule has 0 atom stereocenters. The first-order chi connectivity index (χ1) is 19.0. The van der Waals surface area contributed by atoms with Gasteiger partial charge in [-0.2, -0.15) is 5.26 Å². The van der Waals surface area contributed by atoms with Crippen molar-refractivity contribution >= 4 is 28.6 Å². The maximum atomic E-state index is 12.4. The minimum atomic E-state index is -0.636. The topological polar surface area (TPSA) is 113 Å². The molecule has 0 saturated heterocycles. The van der Waals surface area contributed by atoms with Gasteiger partial charge in [0, 0.05) is 53.3 Å². The van der Waals surface area contributed by atoms with Crippen molar-refractivity contribution in [1.29, 1.82) is 5.26 Å². The van der Waals surface area contributed by atoms with Crippen molar-refractivity contribution in [3.05, 3.63) is 78.9 Å². The number of pyridine rings is 2. The maximum Gasteiger partial charge on any atom is 0.312 e. The molecule has 9 heteroatoms. The summed E-state index contributed by atoms with van der Waals surface area (Å²) in [4.78, 5) is 35.7. The standard InChI is InChI=1S/C31H32N6O3/c1-31(2,3)30(39)40-20-37-19-27(22-9-6-8-21(12-22)15-32)26-14-24(17-34-29(26)37)23-13-25(18-33-16-23)35-28(38)10-7-11-36(4)5/h6-10,12-14,16-19H,11,20H2,1-5H3,(H,35,38)/b10-7+. The minimum absolute atomic E-state index is 0.00129. The Balaban J connectivity index is 1.71. The van der Waals surface area contributed by atoms with Crippen molar-refractivity contribution in [1.82, 2.24) is 19.4 Å². The number of nitrogens with one attached hydrogen (secondary N) is 1. The molecule has 0 fully saturated rings. The molecule has 9 nitrogen and oxygen atoms in total. The van der Waals surface area contributed by atoms with Gasteiger partial charge in [-0.3, -0.25) is 19.1 Å². The number of aromatic nitrogens is 3. The lowest BCUT2D eigenvalue weighted by Gasteiger charge is -2.17. The zero-order valence-corrected chi connectivity index (χ0v) is 23.3. The fraction of sp³-hybridized carbons (Fsp3) is 0.258. The monoisotopic (exact) mass is 536 g/mol. The number of nitrogens with zero attached hydrogens (tertiary/aromatic N) is 5. The summed E-state index contributed by atoms with van der Waals surface area (Å²) in [6, 6.07) is 13.3. The van der Waals surface area contributed by atoms with E-state index in [4.69, 9.17) is 9.72 Å². The van der Waals surface area contributed by atoms with Crippen LogP contribution in [0.15, 0.2) is 73.3 Å². The van der Waals surface area contributed by atoms with E-state index in [-0.39, 0.29) is 18.6 Å². The fourth-order valence-corrected chi connectivity index (χ4v) is 3.98. The summed E-state index contributed by atoms with van der Waals surface area (Å²) in [6.45, 7) is 6.07. The van der Waals surface area contributed by atoms with Crippen molar-refractivity contribution in [2.45, 2.75) is 27.5 Å². The zero-order chi connectivity index (χ0) is 28.9. The Morgan fingerprint density at radius 3 is 2.60 bits per heavy atom. The molecule has 4 aromatic rings. The molecule has 0 bridgehead atoms. The van der Waals surface area contributed by atoms with E-state index in [0.717, 1.165) is 27.6 Å². The molecular formula is C31H32N6O3. The molecule has 0 aliphatic carbocycles. The number of likely N-dealkylation sites (N-methyl/N-ethyl adjacent to an activating group) is 1. The second kappa shape index (κ2) is 11.9. The predicted octanol–water partition coefficient (Wildman–Crippen LogP) is 5.24. The van der Waals surface area contributed by atoms with Gasteiger partial charge in [0.15, 0.2) is 6.73 Å². The SMILES string of the molecule is CN(C)C/C=C/C(=O)Nc1cncc(-c2cnc3c(c2)c(-c2cccc(C#N)c2)cn3COC(=O)C(C)(C)C)c1. The molecule has 0 unspecified atom stereocenters. The third-order valence-corrected chi connectivity index (χ3v) is 6.04. The number of amides is 1. The summed E-state index contributed by atoms with van der Waals surface area (Å²) >= 11 is 0. The molecule has 0 spiro atoms. The lowest BCUT2D eigenvalue weighted by Crippen LogP contribution is -2.23. The van der Waals surface area contributed by atoms with E-state index < -0.39 is 5.41 Å². The molecule has 3 heterocycles. The van der Waals surface area contributed by atoms with Crippen LogP contribution in [0.3, 0.4) is 0 Å². The van der Waals surface area contributed by atoms with Gasteiger partial charge in [-0.25, -0.2) is 4.98 Å². The maximum absolute atomic E-state index is 12.4. The van der Waals surface area contributed by atoms with E-state index in [1.54, 1.807) is 56.1 Å². The van der Waals surface area contributed by atoms with Gasteiger partial charge < -0.3 is 15.0 Å². The number of carbonyl (C=O) groups is 2. The summed E-state index contributed by atoms with van der Waals surface area (Å²) < 4.78 is 7.36. The first kappa shape index (κ1) is 28.2. The van der Waals surface area contributed by atoms with E-state index in [0.29, 0.717) is 23.4 Å². The van der Waals surface area contributed by atoms with Gasteiger partial charge in [0.05, 0.1) is 28.9 Å². The Morgan fingerprint density at radius 1 is 1.10 bits per heavy atom. The highest BCUT2D eigenvalue weighted by Crippen LogP contribution is 2.33. The van der Waals surface area contributed by atoms with Crippen LogP contribution in [0.2, 0.25) is 0 Å². The highest BCUT2D eigenvalue weighted by Gasteiger charge is 2.23. The van der Waals surface area contributed by atoms with Crippen LogP contribution < -0.4 is 5.32 Å². The molecule has 40 heavy (non-hydrogen) atoms. The van der Waals surface area contributed by atoms with Crippen molar-refractivity contribution in [3.8, 4) is 28.3 Å². The summed E-state index contributed by atoms with van der Waals surface area (Å²) in [6.07, 6.45) is 10.2. The number of anilines is 1. The number of esters is 1. The highest BCUT2D eigenvalue weighted by atomic mass is 16.5. The number of hydrogen-bond donors (Lipinski definition) is 1. The van der Waals surface area contributed by atoms with Crippen LogP contribution in [0.1, 0.15) is 26.3 Å². The third kappa shape index (κ3) is 6.79. The number of fused-ring (bicyclic) bond motifs is 1. The van der Waals surface area contributed by atoms with Crippen molar-refractivity contribution < 1.29 is 14.3 Å². The van der Waals surface area contributed by atoms with Gasteiger partial charge in [-0.15, -0.1) is 0 Å². The first-order valence-corrected chi connectivity index (χ1v) is 12.8. The minimum Gasteiger partial charge on any atom is -0.443 e. The van der Waals surface area contributed by atoms with Crippen LogP contribution in [0.25, 0.3) is 33.3 Å².